The van der Waals surface area contributed by atoms with E-state index in [-0.39, 0.29) is 11.7 Å². The van der Waals surface area contributed by atoms with E-state index >= 15 is 0 Å². The highest BCUT2D eigenvalue weighted by atomic mass is 16.6. The summed E-state index contributed by atoms with van der Waals surface area (Å²) < 4.78 is 5.24. The zero-order valence-electron chi connectivity index (χ0n) is 7.22. The van der Waals surface area contributed by atoms with Gasteiger partial charge in [-0.25, -0.2) is 4.79 Å². The van der Waals surface area contributed by atoms with Crippen molar-refractivity contribution < 1.29 is 9.53 Å². The number of ether oxygens (including phenoxy) is 1. The summed E-state index contributed by atoms with van der Waals surface area (Å²) in [5, 5.41) is 5.97. The molecule has 2 heterocycles. The Bertz CT molecular complexity index is 201. The maximum Gasteiger partial charge on any atom is 0.407 e. The normalized spacial score (nSPS) is 41.1. The van der Waals surface area contributed by atoms with Crippen molar-refractivity contribution >= 4 is 6.09 Å². The first-order chi connectivity index (χ1) is 5.71. The van der Waals surface area contributed by atoms with Crippen LogP contribution in [-0.2, 0) is 4.74 Å². The molecule has 2 atom stereocenters. The number of carbonyl (C=O) groups is 1. The Hall–Kier alpha value is -0.770. The molecule has 68 valence electrons. The Kier molecular flexibility index (Phi) is 1.72. The Morgan fingerprint density at radius 1 is 1.67 bits per heavy atom. The monoisotopic (exact) mass is 170 g/mol. The predicted octanol–water partition coefficient (Wildman–Crippen LogP) is 0.0944. The van der Waals surface area contributed by atoms with Gasteiger partial charge in [0.1, 0.15) is 5.60 Å². The maximum absolute atomic E-state index is 10.9. The fourth-order valence-electron chi connectivity index (χ4n) is 1.94. The van der Waals surface area contributed by atoms with Crippen LogP contribution in [0.2, 0.25) is 0 Å². The van der Waals surface area contributed by atoms with Gasteiger partial charge in [0.25, 0.3) is 0 Å². The minimum absolute atomic E-state index is 0.274. The predicted molar refractivity (Wildman–Crippen MR) is 43.9 cm³/mol. The van der Waals surface area contributed by atoms with Crippen LogP contribution in [0.4, 0.5) is 4.79 Å². The fourth-order valence-corrected chi connectivity index (χ4v) is 1.94. The summed E-state index contributed by atoms with van der Waals surface area (Å²) in [6.45, 7) is 4.66. The van der Waals surface area contributed by atoms with Crippen molar-refractivity contribution in [3.8, 4) is 0 Å². The quantitative estimate of drug-likeness (QED) is 0.586. The van der Waals surface area contributed by atoms with Crippen LogP contribution < -0.4 is 10.6 Å². The van der Waals surface area contributed by atoms with Crippen molar-refractivity contribution in [1.82, 2.24) is 10.6 Å². The van der Waals surface area contributed by atoms with E-state index < -0.39 is 0 Å². The zero-order valence-corrected chi connectivity index (χ0v) is 7.22. The van der Waals surface area contributed by atoms with E-state index in [4.69, 9.17) is 4.74 Å². The molecule has 0 spiro atoms. The van der Waals surface area contributed by atoms with Crippen molar-refractivity contribution in [1.29, 1.82) is 0 Å². The number of cyclic esters (lactones) is 1. The van der Waals surface area contributed by atoms with Crippen LogP contribution in [0.15, 0.2) is 0 Å². The second kappa shape index (κ2) is 2.62. The van der Waals surface area contributed by atoms with Gasteiger partial charge in [-0.2, -0.15) is 0 Å². The molecule has 0 radical (unpaired) electrons. The van der Waals surface area contributed by atoms with Gasteiger partial charge < -0.3 is 15.4 Å². The van der Waals surface area contributed by atoms with Gasteiger partial charge in [-0.1, -0.05) is 0 Å². The van der Waals surface area contributed by atoms with Gasteiger partial charge in [-0.05, 0) is 19.9 Å². The molecule has 0 aliphatic carbocycles. The molecule has 2 aliphatic heterocycles. The lowest BCUT2D eigenvalue weighted by atomic mass is 9.89. The van der Waals surface area contributed by atoms with E-state index in [1.54, 1.807) is 0 Å². The molecule has 4 nitrogen and oxygen atoms in total. The van der Waals surface area contributed by atoms with Gasteiger partial charge in [0, 0.05) is 12.5 Å². The molecule has 2 N–H and O–H groups in total. The Balaban J connectivity index is 2.05. The van der Waals surface area contributed by atoms with E-state index in [0.717, 1.165) is 19.5 Å². The molecular weight excluding hydrogens is 156 g/mol. The summed E-state index contributed by atoms with van der Waals surface area (Å²) >= 11 is 0. The molecule has 0 aromatic heterocycles. The maximum atomic E-state index is 10.9. The number of carbonyl (C=O) groups excluding carboxylic acids is 1. The number of alkyl carbamates (subject to hydrolysis) is 1. The fraction of sp³-hybridized carbons (Fsp3) is 0.875. The van der Waals surface area contributed by atoms with Crippen LogP contribution in [0.5, 0.6) is 0 Å². The molecule has 0 bridgehead atoms. The molecule has 2 fully saturated rings. The second-order valence-electron chi connectivity index (χ2n) is 3.75. The standard InChI is InChI=1S/C8H14N2O2/c1-8(5-10-7(11)12-8)6-2-3-9-4-6/h6,9H,2-5H2,1H3,(H,10,11). The summed E-state index contributed by atoms with van der Waals surface area (Å²) in [7, 11) is 0. The van der Waals surface area contributed by atoms with Crippen LogP contribution in [-0.4, -0.2) is 31.3 Å². The van der Waals surface area contributed by atoms with E-state index in [1.165, 1.54) is 0 Å². The van der Waals surface area contributed by atoms with Gasteiger partial charge in [-0.3, -0.25) is 0 Å². The summed E-state index contributed by atoms with van der Waals surface area (Å²) in [6.07, 6.45) is 0.829. The molecule has 2 saturated heterocycles. The van der Waals surface area contributed by atoms with Crippen molar-refractivity contribution in [3.63, 3.8) is 0 Å². The largest absolute Gasteiger partial charge is 0.441 e. The average molecular weight is 170 g/mol. The van der Waals surface area contributed by atoms with Gasteiger partial charge in [0.05, 0.1) is 6.54 Å². The molecule has 1 amide bonds. The highest BCUT2D eigenvalue weighted by molar-refractivity contribution is 5.70. The number of amides is 1. The molecule has 4 heteroatoms. The van der Waals surface area contributed by atoms with Gasteiger partial charge >= 0.3 is 6.09 Å². The first-order valence-corrected chi connectivity index (χ1v) is 4.38. The summed E-state index contributed by atoms with van der Waals surface area (Å²) in [5.74, 6) is 0.469. The topological polar surface area (TPSA) is 50.4 Å². The molecule has 2 aliphatic rings. The molecule has 0 saturated carbocycles. The Labute approximate surface area is 71.7 Å². The highest BCUT2D eigenvalue weighted by Gasteiger charge is 2.43. The third-order valence-corrected chi connectivity index (χ3v) is 2.83. The van der Waals surface area contributed by atoms with Crippen molar-refractivity contribution in [2.45, 2.75) is 18.9 Å². The molecule has 0 aromatic rings. The van der Waals surface area contributed by atoms with Crippen molar-refractivity contribution in [2.75, 3.05) is 19.6 Å². The van der Waals surface area contributed by atoms with Gasteiger partial charge in [-0.15, -0.1) is 0 Å². The van der Waals surface area contributed by atoms with Crippen LogP contribution >= 0.6 is 0 Å². The summed E-state index contributed by atoms with van der Waals surface area (Å²) in [4.78, 5) is 10.9. The highest BCUT2D eigenvalue weighted by Crippen LogP contribution is 2.29. The third-order valence-electron chi connectivity index (χ3n) is 2.83. The Morgan fingerprint density at radius 2 is 2.50 bits per heavy atom. The second-order valence-corrected chi connectivity index (χ2v) is 3.75. The number of nitrogens with one attached hydrogen (secondary N) is 2. The van der Waals surface area contributed by atoms with E-state index in [9.17, 15) is 4.79 Å². The zero-order chi connectivity index (χ0) is 8.60. The first kappa shape index (κ1) is 7.86. The summed E-state index contributed by atoms with van der Waals surface area (Å²) in [5.41, 5.74) is -0.277. The molecule has 12 heavy (non-hydrogen) atoms. The van der Waals surface area contributed by atoms with E-state index in [0.29, 0.717) is 12.5 Å². The van der Waals surface area contributed by atoms with Crippen LogP contribution in [0.3, 0.4) is 0 Å². The van der Waals surface area contributed by atoms with Crippen LogP contribution in [0, 0.1) is 5.92 Å². The Morgan fingerprint density at radius 3 is 3.00 bits per heavy atom. The minimum atomic E-state index is -0.277. The number of rotatable bonds is 1. The summed E-state index contributed by atoms with van der Waals surface area (Å²) in [6, 6.07) is 0. The van der Waals surface area contributed by atoms with Gasteiger partial charge in [0.15, 0.2) is 0 Å². The van der Waals surface area contributed by atoms with Crippen LogP contribution in [0.25, 0.3) is 0 Å². The molecule has 2 unspecified atom stereocenters. The third kappa shape index (κ3) is 1.16. The smallest absolute Gasteiger partial charge is 0.407 e. The molecule has 0 aromatic carbocycles. The van der Waals surface area contributed by atoms with E-state index in [1.807, 2.05) is 6.92 Å². The van der Waals surface area contributed by atoms with Crippen molar-refractivity contribution in [2.24, 2.45) is 5.92 Å². The van der Waals surface area contributed by atoms with Crippen LogP contribution in [0.1, 0.15) is 13.3 Å². The number of hydrogen-bond acceptors (Lipinski definition) is 3. The molecule has 2 rings (SSSR count). The lowest BCUT2D eigenvalue weighted by molar-refractivity contribution is 0.0287. The van der Waals surface area contributed by atoms with E-state index in [2.05, 4.69) is 10.6 Å². The average Bonchev–Trinajstić information content (AvgIpc) is 2.59. The number of hydrogen-bond donors (Lipinski definition) is 2. The van der Waals surface area contributed by atoms with Crippen molar-refractivity contribution in [3.05, 3.63) is 0 Å². The first-order valence-electron chi connectivity index (χ1n) is 4.38. The minimum Gasteiger partial charge on any atom is -0.441 e. The lowest BCUT2D eigenvalue weighted by Crippen LogP contribution is -2.39. The van der Waals surface area contributed by atoms with Gasteiger partial charge in [0.2, 0.25) is 0 Å². The molecular formula is C8H14N2O2. The lowest BCUT2D eigenvalue weighted by Gasteiger charge is -2.27. The SMILES string of the molecule is CC1(C2CCNC2)CNC(=O)O1.